The lowest BCUT2D eigenvalue weighted by molar-refractivity contribution is -0.122. The van der Waals surface area contributed by atoms with Crippen LogP contribution in [0, 0.1) is 0 Å². The number of nitrogens with zero attached hydrogens (tertiary/aromatic N) is 1. The Bertz CT molecular complexity index is 530. The van der Waals surface area contributed by atoms with Crippen molar-refractivity contribution in [3.05, 3.63) is 71.8 Å². The van der Waals surface area contributed by atoms with Crippen molar-refractivity contribution >= 4 is 5.91 Å². The van der Waals surface area contributed by atoms with Gasteiger partial charge in [0.25, 0.3) is 0 Å². The van der Waals surface area contributed by atoms with Crippen LogP contribution in [0.2, 0.25) is 0 Å². The van der Waals surface area contributed by atoms with Gasteiger partial charge in [-0.05, 0) is 24.1 Å². The molecule has 0 aliphatic heterocycles. The summed E-state index contributed by atoms with van der Waals surface area (Å²) in [5.41, 5.74) is 7.87. The Hall–Kier alpha value is -2.17. The van der Waals surface area contributed by atoms with E-state index in [0.717, 1.165) is 19.5 Å². The molecule has 0 saturated heterocycles. The number of benzene rings is 2. The molecule has 0 radical (unpaired) electrons. The van der Waals surface area contributed by atoms with Gasteiger partial charge in [0.05, 0.1) is 6.54 Å². The number of hydrogen-bond acceptors (Lipinski definition) is 3. The Morgan fingerprint density at radius 3 is 1.91 bits per heavy atom. The topological polar surface area (TPSA) is 58.4 Å². The minimum absolute atomic E-state index is 0.0466. The molecule has 0 fully saturated rings. The minimum atomic E-state index is 0.0466. The van der Waals surface area contributed by atoms with Gasteiger partial charge in [-0.25, -0.2) is 0 Å². The van der Waals surface area contributed by atoms with Gasteiger partial charge in [-0.1, -0.05) is 60.7 Å². The van der Waals surface area contributed by atoms with Crippen LogP contribution >= 0.6 is 0 Å². The maximum Gasteiger partial charge on any atom is 0.234 e. The Kier molecular flexibility index (Phi) is 7.30. The molecule has 0 unspecified atom stereocenters. The summed E-state index contributed by atoms with van der Waals surface area (Å²) < 4.78 is 0. The maximum absolute atomic E-state index is 12.1. The first-order chi connectivity index (χ1) is 11.3. The van der Waals surface area contributed by atoms with Crippen LogP contribution in [0.25, 0.3) is 0 Å². The van der Waals surface area contributed by atoms with Gasteiger partial charge in [-0.3, -0.25) is 9.69 Å². The van der Waals surface area contributed by atoms with Gasteiger partial charge < -0.3 is 11.1 Å². The van der Waals surface area contributed by atoms with Crippen LogP contribution < -0.4 is 11.1 Å². The zero-order chi connectivity index (χ0) is 16.3. The summed E-state index contributed by atoms with van der Waals surface area (Å²) in [7, 11) is 0. The molecule has 0 aliphatic rings. The minimum Gasteiger partial charge on any atom is -0.355 e. The number of hydrogen-bond donors (Lipinski definition) is 2. The molecule has 3 N–H and O–H groups in total. The average molecular weight is 311 g/mol. The largest absolute Gasteiger partial charge is 0.355 e. The monoisotopic (exact) mass is 311 g/mol. The lowest BCUT2D eigenvalue weighted by atomic mass is 10.1. The van der Waals surface area contributed by atoms with Crippen molar-refractivity contribution in [2.24, 2.45) is 5.73 Å². The quantitative estimate of drug-likeness (QED) is 0.698. The van der Waals surface area contributed by atoms with E-state index in [1.807, 2.05) is 36.4 Å². The number of nitrogens with one attached hydrogen (secondary N) is 1. The summed E-state index contributed by atoms with van der Waals surface area (Å²) in [5.74, 6) is 0.0466. The molecular formula is C19H25N3O. The van der Waals surface area contributed by atoms with Gasteiger partial charge in [0.1, 0.15) is 0 Å². The van der Waals surface area contributed by atoms with Crippen molar-refractivity contribution in [2.75, 3.05) is 19.6 Å². The van der Waals surface area contributed by atoms with Crippen molar-refractivity contribution in [1.29, 1.82) is 0 Å². The van der Waals surface area contributed by atoms with Gasteiger partial charge >= 0.3 is 0 Å². The smallest absolute Gasteiger partial charge is 0.234 e. The second-order valence-corrected chi connectivity index (χ2v) is 5.61. The lowest BCUT2D eigenvalue weighted by Gasteiger charge is -2.22. The van der Waals surface area contributed by atoms with Crippen LogP contribution in [0.1, 0.15) is 17.5 Å². The molecule has 0 saturated carbocycles. The first-order valence-corrected chi connectivity index (χ1v) is 8.05. The Morgan fingerprint density at radius 2 is 1.43 bits per heavy atom. The Balaban J connectivity index is 1.97. The van der Waals surface area contributed by atoms with Crippen LogP contribution in [0.5, 0.6) is 0 Å². The van der Waals surface area contributed by atoms with E-state index in [-0.39, 0.29) is 5.91 Å². The van der Waals surface area contributed by atoms with Gasteiger partial charge in [-0.15, -0.1) is 0 Å². The highest BCUT2D eigenvalue weighted by Gasteiger charge is 2.11. The molecule has 0 heterocycles. The maximum atomic E-state index is 12.1. The van der Waals surface area contributed by atoms with Crippen molar-refractivity contribution in [3.8, 4) is 0 Å². The van der Waals surface area contributed by atoms with E-state index in [4.69, 9.17) is 5.73 Å². The number of nitrogens with two attached hydrogens (primary N) is 1. The number of carbonyl (C=O) groups is 1. The van der Waals surface area contributed by atoms with Crippen molar-refractivity contribution in [2.45, 2.75) is 19.5 Å². The summed E-state index contributed by atoms with van der Waals surface area (Å²) in [6, 6.07) is 20.5. The molecule has 122 valence electrons. The Labute approximate surface area is 138 Å². The third kappa shape index (κ3) is 6.63. The van der Waals surface area contributed by atoms with E-state index in [1.54, 1.807) is 0 Å². The summed E-state index contributed by atoms with van der Waals surface area (Å²) in [6.07, 6.45) is 0.809. The van der Waals surface area contributed by atoms with E-state index in [9.17, 15) is 4.79 Å². The van der Waals surface area contributed by atoms with Crippen LogP contribution in [0.4, 0.5) is 0 Å². The molecule has 4 nitrogen and oxygen atoms in total. The number of amides is 1. The second kappa shape index (κ2) is 9.77. The van der Waals surface area contributed by atoms with Crippen LogP contribution in [-0.4, -0.2) is 30.4 Å². The fourth-order valence-corrected chi connectivity index (χ4v) is 2.44. The van der Waals surface area contributed by atoms with E-state index >= 15 is 0 Å². The summed E-state index contributed by atoms with van der Waals surface area (Å²) >= 11 is 0. The highest BCUT2D eigenvalue weighted by molar-refractivity contribution is 5.77. The fraction of sp³-hybridized carbons (Fsp3) is 0.316. The first-order valence-electron chi connectivity index (χ1n) is 8.05. The van der Waals surface area contributed by atoms with E-state index in [0.29, 0.717) is 19.6 Å². The van der Waals surface area contributed by atoms with Crippen molar-refractivity contribution in [1.82, 2.24) is 10.2 Å². The highest BCUT2D eigenvalue weighted by atomic mass is 16.2. The molecule has 2 aromatic carbocycles. The molecule has 2 aromatic rings. The third-order valence-electron chi connectivity index (χ3n) is 3.57. The summed E-state index contributed by atoms with van der Waals surface area (Å²) in [4.78, 5) is 14.3. The van der Waals surface area contributed by atoms with Crippen molar-refractivity contribution < 1.29 is 4.79 Å². The number of rotatable bonds is 9. The Morgan fingerprint density at radius 1 is 0.913 bits per heavy atom. The fourth-order valence-electron chi connectivity index (χ4n) is 2.44. The normalized spacial score (nSPS) is 10.7. The van der Waals surface area contributed by atoms with Crippen molar-refractivity contribution in [3.63, 3.8) is 0 Å². The molecule has 0 spiro atoms. The zero-order valence-electron chi connectivity index (χ0n) is 13.4. The van der Waals surface area contributed by atoms with E-state index in [2.05, 4.69) is 34.5 Å². The van der Waals surface area contributed by atoms with Gasteiger partial charge in [-0.2, -0.15) is 0 Å². The summed E-state index contributed by atoms with van der Waals surface area (Å²) in [5, 5.41) is 2.93. The predicted octanol–water partition coefficient (Wildman–Crippen LogP) is 2.15. The van der Waals surface area contributed by atoms with E-state index < -0.39 is 0 Å². The molecule has 0 aromatic heterocycles. The lowest BCUT2D eigenvalue weighted by Crippen LogP contribution is -2.37. The second-order valence-electron chi connectivity index (χ2n) is 5.61. The predicted molar refractivity (Wildman–Crippen MR) is 93.7 cm³/mol. The van der Waals surface area contributed by atoms with Gasteiger partial charge in [0.15, 0.2) is 0 Å². The van der Waals surface area contributed by atoms with Gasteiger partial charge in [0.2, 0.25) is 5.91 Å². The number of carbonyl (C=O) groups excluding carboxylic acids is 1. The molecule has 1 amide bonds. The average Bonchev–Trinajstić information content (AvgIpc) is 2.57. The van der Waals surface area contributed by atoms with E-state index in [1.165, 1.54) is 11.1 Å². The SMILES string of the molecule is NCCCNC(=O)CN(Cc1ccccc1)Cc1ccccc1. The zero-order valence-corrected chi connectivity index (χ0v) is 13.4. The first kappa shape index (κ1) is 17.2. The molecule has 0 bridgehead atoms. The van der Waals surface area contributed by atoms with Crippen LogP contribution in [0.15, 0.2) is 60.7 Å². The highest BCUT2D eigenvalue weighted by Crippen LogP contribution is 2.09. The standard InChI is InChI=1S/C19H25N3O/c20-12-7-13-21-19(23)16-22(14-17-8-3-1-4-9-17)15-18-10-5-2-6-11-18/h1-6,8-11H,7,12-16,20H2,(H,21,23). The van der Waals surface area contributed by atoms with Crippen LogP contribution in [0.3, 0.4) is 0 Å². The third-order valence-corrected chi connectivity index (χ3v) is 3.57. The molecule has 0 atom stereocenters. The van der Waals surface area contributed by atoms with Gasteiger partial charge in [0, 0.05) is 19.6 Å². The molecule has 23 heavy (non-hydrogen) atoms. The molecule has 0 aliphatic carbocycles. The molecule has 4 heteroatoms. The molecular weight excluding hydrogens is 286 g/mol. The summed E-state index contributed by atoms with van der Waals surface area (Å²) in [6.45, 7) is 3.12. The molecule has 2 rings (SSSR count). The van der Waals surface area contributed by atoms with Crippen LogP contribution in [-0.2, 0) is 17.9 Å².